The van der Waals surface area contributed by atoms with Crippen molar-refractivity contribution in [3.05, 3.63) is 59.7 Å². The second-order valence-corrected chi connectivity index (χ2v) is 5.73. The van der Waals surface area contributed by atoms with Gasteiger partial charge in [0, 0.05) is 24.8 Å². The highest BCUT2D eigenvalue weighted by molar-refractivity contribution is 5.97. The van der Waals surface area contributed by atoms with Crippen LogP contribution >= 0.6 is 0 Å². The number of likely N-dealkylation sites (N-methyl/N-ethyl adjacent to an activating group) is 1. The van der Waals surface area contributed by atoms with E-state index in [4.69, 9.17) is 4.74 Å². The largest absolute Gasteiger partial charge is 0.497 e. The molecule has 0 heterocycles. The number of anilines is 1. The first-order valence-corrected chi connectivity index (χ1v) is 7.95. The van der Waals surface area contributed by atoms with Crippen LogP contribution in [0.2, 0.25) is 0 Å². The van der Waals surface area contributed by atoms with E-state index in [2.05, 4.69) is 10.6 Å². The molecule has 132 valence electrons. The van der Waals surface area contributed by atoms with Gasteiger partial charge in [0.1, 0.15) is 5.75 Å². The second-order valence-electron chi connectivity index (χ2n) is 5.73. The Kier molecular flexibility index (Phi) is 6.54. The predicted octanol–water partition coefficient (Wildman–Crippen LogP) is 2.13. The number of nitrogens with one attached hydrogen (secondary N) is 2. The number of hydrogen-bond acceptors (Lipinski definition) is 4. The van der Waals surface area contributed by atoms with Crippen molar-refractivity contribution in [2.24, 2.45) is 0 Å². The lowest BCUT2D eigenvalue weighted by molar-refractivity contribution is -0.117. The van der Waals surface area contributed by atoms with Crippen LogP contribution in [-0.4, -0.2) is 44.5 Å². The van der Waals surface area contributed by atoms with Crippen LogP contribution in [0.1, 0.15) is 15.9 Å². The van der Waals surface area contributed by atoms with Gasteiger partial charge in [0.2, 0.25) is 5.91 Å². The number of carbonyl (C=O) groups is 2. The average Bonchev–Trinajstić information content (AvgIpc) is 2.61. The molecule has 0 radical (unpaired) electrons. The van der Waals surface area contributed by atoms with Gasteiger partial charge >= 0.3 is 0 Å². The van der Waals surface area contributed by atoms with E-state index < -0.39 is 0 Å². The van der Waals surface area contributed by atoms with Crippen molar-refractivity contribution < 1.29 is 14.3 Å². The summed E-state index contributed by atoms with van der Waals surface area (Å²) in [5.74, 6) is 0.465. The van der Waals surface area contributed by atoms with Gasteiger partial charge in [-0.15, -0.1) is 0 Å². The smallest absolute Gasteiger partial charge is 0.251 e. The fraction of sp³-hybridized carbons (Fsp3) is 0.263. The maximum Gasteiger partial charge on any atom is 0.251 e. The lowest BCUT2D eigenvalue weighted by Gasteiger charge is -2.17. The number of hydrogen-bond donors (Lipinski definition) is 2. The molecule has 0 bridgehead atoms. The van der Waals surface area contributed by atoms with Crippen molar-refractivity contribution in [3.8, 4) is 5.75 Å². The summed E-state index contributed by atoms with van der Waals surface area (Å²) in [5, 5.41) is 5.38. The molecule has 0 atom stereocenters. The summed E-state index contributed by atoms with van der Waals surface area (Å²) in [6, 6.07) is 14.6. The van der Waals surface area contributed by atoms with Gasteiger partial charge in [-0.1, -0.05) is 18.2 Å². The molecular weight excluding hydrogens is 318 g/mol. The van der Waals surface area contributed by atoms with Gasteiger partial charge in [0.25, 0.3) is 5.91 Å². The zero-order valence-corrected chi connectivity index (χ0v) is 14.7. The maximum atomic E-state index is 12.2. The van der Waals surface area contributed by atoms with Gasteiger partial charge in [0.15, 0.2) is 0 Å². The Morgan fingerprint density at radius 3 is 2.60 bits per heavy atom. The molecule has 6 heteroatoms. The van der Waals surface area contributed by atoms with Crippen LogP contribution in [0, 0.1) is 0 Å². The van der Waals surface area contributed by atoms with Gasteiger partial charge in [-0.2, -0.15) is 0 Å². The molecule has 0 unspecified atom stereocenters. The molecule has 0 saturated heterocycles. The van der Waals surface area contributed by atoms with E-state index in [-0.39, 0.29) is 18.4 Å². The summed E-state index contributed by atoms with van der Waals surface area (Å²) in [5.41, 5.74) is 2.17. The van der Waals surface area contributed by atoms with Crippen LogP contribution in [0.15, 0.2) is 48.5 Å². The second kappa shape index (κ2) is 8.84. The zero-order chi connectivity index (χ0) is 18.2. The van der Waals surface area contributed by atoms with Crippen LogP contribution in [-0.2, 0) is 11.3 Å². The molecule has 0 fully saturated rings. The Balaban J connectivity index is 1.92. The van der Waals surface area contributed by atoms with Crippen molar-refractivity contribution in [1.82, 2.24) is 10.2 Å². The minimum atomic E-state index is -0.189. The summed E-state index contributed by atoms with van der Waals surface area (Å²) < 4.78 is 5.21. The number of amides is 2. The van der Waals surface area contributed by atoms with Crippen molar-refractivity contribution in [2.75, 3.05) is 33.1 Å². The fourth-order valence-electron chi connectivity index (χ4n) is 2.47. The lowest BCUT2D eigenvalue weighted by atomic mass is 10.2. The maximum absolute atomic E-state index is 12.2. The third-order valence-corrected chi connectivity index (χ3v) is 3.64. The van der Waals surface area contributed by atoms with E-state index in [0.717, 1.165) is 11.3 Å². The quantitative estimate of drug-likeness (QED) is 0.809. The molecule has 0 aliphatic heterocycles. The molecular formula is C19H23N3O3. The third kappa shape index (κ3) is 5.61. The summed E-state index contributed by atoms with van der Waals surface area (Å²) in [6.45, 7) is 0.865. The standard InChI is InChI=1S/C19H23N3O3/c1-20-19(24)15-7-5-8-16(11-15)21-18(23)13-22(2)12-14-6-4-9-17(10-14)25-3/h4-11H,12-13H2,1-3H3,(H,20,24)(H,21,23). The molecule has 2 amide bonds. The van der Waals surface area contributed by atoms with Crippen molar-refractivity contribution in [1.29, 1.82) is 0 Å². The van der Waals surface area contributed by atoms with Crippen LogP contribution < -0.4 is 15.4 Å². The first-order valence-electron chi connectivity index (χ1n) is 7.95. The highest BCUT2D eigenvalue weighted by atomic mass is 16.5. The molecule has 0 saturated carbocycles. The van der Waals surface area contributed by atoms with Crippen LogP contribution in [0.3, 0.4) is 0 Å². The number of ether oxygens (including phenoxy) is 1. The topological polar surface area (TPSA) is 70.7 Å². The lowest BCUT2D eigenvalue weighted by Crippen LogP contribution is -2.30. The normalized spacial score (nSPS) is 10.4. The van der Waals surface area contributed by atoms with Gasteiger partial charge in [-0.25, -0.2) is 0 Å². The molecule has 0 aromatic heterocycles. The number of carbonyl (C=O) groups excluding carboxylic acids is 2. The number of benzene rings is 2. The first-order chi connectivity index (χ1) is 12.0. The van der Waals surface area contributed by atoms with E-state index in [1.54, 1.807) is 38.4 Å². The molecule has 25 heavy (non-hydrogen) atoms. The van der Waals surface area contributed by atoms with Gasteiger partial charge in [0.05, 0.1) is 13.7 Å². The molecule has 2 aromatic rings. The average molecular weight is 341 g/mol. The molecule has 0 spiro atoms. The molecule has 0 aliphatic carbocycles. The Hall–Kier alpha value is -2.86. The Labute approximate surface area is 147 Å². The van der Waals surface area contributed by atoms with Crippen molar-refractivity contribution in [2.45, 2.75) is 6.54 Å². The van der Waals surface area contributed by atoms with E-state index in [1.807, 2.05) is 36.2 Å². The Bertz CT molecular complexity index is 746. The summed E-state index contributed by atoms with van der Waals surface area (Å²) in [6.07, 6.45) is 0. The number of rotatable bonds is 7. The van der Waals surface area contributed by atoms with Crippen LogP contribution in [0.4, 0.5) is 5.69 Å². The number of nitrogens with zero attached hydrogens (tertiary/aromatic N) is 1. The van der Waals surface area contributed by atoms with Crippen LogP contribution in [0.5, 0.6) is 5.75 Å². The van der Waals surface area contributed by atoms with E-state index in [9.17, 15) is 9.59 Å². The number of methoxy groups -OCH3 is 1. The van der Waals surface area contributed by atoms with Crippen molar-refractivity contribution in [3.63, 3.8) is 0 Å². The SMILES string of the molecule is CNC(=O)c1cccc(NC(=O)CN(C)Cc2cccc(OC)c2)c1. The summed E-state index contributed by atoms with van der Waals surface area (Å²) >= 11 is 0. The summed E-state index contributed by atoms with van der Waals surface area (Å²) in [4.78, 5) is 25.8. The monoisotopic (exact) mass is 341 g/mol. The molecule has 2 aromatic carbocycles. The Morgan fingerprint density at radius 1 is 1.12 bits per heavy atom. The highest BCUT2D eigenvalue weighted by Gasteiger charge is 2.10. The predicted molar refractivity (Wildman–Crippen MR) is 97.8 cm³/mol. The molecule has 6 nitrogen and oxygen atoms in total. The first kappa shape index (κ1) is 18.5. The van der Waals surface area contributed by atoms with Gasteiger partial charge < -0.3 is 15.4 Å². The van der Waals surface area contributed by atoms with Gasteiger partial charge in [-0.05, 0) is 42.9 Å². The highest BCUT2D eigenvalue weighted by Crippen LogP contribution is 2.14. The van der Waals surface area contributed by atoms with E-state index >= 15 is 0 Å². The van der Waals surface area contributed by atoms with E-state index in [0.29, 0.717) is 17.8 Å². The Morgan fingerprint density at radius 2 is 1.88 bits per heavy atom. The molecule has 2 N–H and O–H groups in total. The van der Waals surface area contributed by atoms with Gasteiger partial charge in [-0.3, -0.25) is 14.5 Å². The molecule has 2 rings (SSSR count). The zero-order valence-electron chi connectivity index (χ0n) is 14.7. The summed E-state index contributed by atoms with van der Waals surface area (Å²) in [7, 11) is 5.07. The minimum Gasteiger partial charge on any atom is -0.497 e. The molecule has 0 aliphatic rings. The minimum absolute atomic E-state index is 0.139. The van der Waals surface area contributed by atoms with Crippen LogP contribution in [0.25, 0.3) is 0 Å². The van der Waals surface area contributed by atoms with Crippen molar-refractivity contribution >= 4 is 17.5 Å². The van der Waals surface area contributed by atoms with E-state index in [1.165, 1.54) is 0 Å². The third-order valence-electron chi connectivity index (χ3n) is 3.64. The fourth-order valence-corrected chi connectivity index (χ4v) is 2.47.